The van der Waals surface area contributed by atoms with Crippen LogP contribution in [-0.2, 0) is 6.61 Å². The highest BCUT2D eigenvalue weighted by Crippen LogP contribution is 2.30. The Hall–Kier alpha value is -2.96. The summed E-state index contributed by atoms with van der Waals surface area (Å²) >= 11 is 0. The highest BCUT2D eigenvalue weighted by Gasteiger charge is 2.20. The number of hydrogen-bond acceptors (Lipinski definition) is 5. The minimum absolute atomic E-state index is 0.0324. The van der Waals surface area contributed by atoms with Crippen molar-refractivity contribution in [2.24, 2.45) is 0 Å². The van der Waals surface area contributed by atoms with E-state index in [0.717, 1.165) is 48.2 Å². The molecule has 0 spiro atoms. The number of aliphatic hydroxyl groups excluding tert-OH is 1. The zero-order valence-electron chi connectivity index (χ0n) is 15.8. The van der Waals surface area contributed by atoms with Gasteiger partial charge in [-0.05, 0) is 42.1 Å². The van der Waals surface area contributed by atoms with Gasteiger partial charge in [0.1, 0.15) is 5.75 Å². The van der Waals surface area contributed by atoms with Crippen molar-refractivity contribution in [3.8, 4) is 17.0 Å². The number of nitrogens with zero attached hydrogens (tertiary/aromatic N) is 3. The smallest absolute Gasteiger partial charge is 0.254 e. The number of carbonyl (C=O) groups excluding carboxylic acids is 1. The van der Waals surface area contributed by atoms with E-state index < -0.39 is 0 Å². The van der Waals surface area contributed by atoms with Gasteiger partial charge in [-0.15, -0.1) is 0 Å². The van der Waals surface area contributed by atoms with Gasteiger partial charge in [-0.3, -0.25) is 9.78 Å². The van der Waals surface area contributed by atoms with E-state index in [1.165, 1.54) is 0 Å². The Morgan fingerprint density at radius 2 is 1.86 bits per heavy atom. The van der Waals surface area contributed by atoms with Crippen LogP contribution < -0.4 is 0 Å². The first-order valence-corrected chi connectivity index (χ1v) is 9.36. The van der Waals surface area contributed by atoms with E-state index in [9.17, 15) is 15.0 Å². The number of carbonyl (C=O) groups is 1. The molecule has 0 atom stereocenters. The Morgan fingerprint density at radius 1 is 1.07 bits per heavy atom. The summed E-state index contributed by atoms with van der Waals surface area (Å²) in [5, 5.41) is 21.1. The highest BCUT2D eigenvalue weighted by molar-refractivity contribution is 5.96. The van der Waals surface area contributed by atoms with Gasteiger partial charge in [0.2, 0.25) is 0 Å². The van der Waals surface area contributed by atoms with E-state index in [1.54, 1.807) is 18.3 Å². The van der Waals surface area contributed by atoms with Crippen LogP contribution in [0.5, 0.6) is 5.75 Å². The number of aliphatic hydroxyl groups is 1. The maximum atomic E-state index is 12.8. The number of likely N-dealkylation sites (N-methyl/N-ethyl adjacent to an activating group) is 1. The number of fused-ring (bicyclic) bond motifs is 1. The molecule has 3 aromatic rings. The summed E-state index contributed by atoms with van der Waals surface area (Å²) in [5.74, 6) is 0.116. The van der Waals surface area contributed by atoms with Crippen LogP contribution >= 0.6 is 0 Å². The van der Waals surface area contributed by atoms with Gasteiger partial charge in [-0.2, -0.15) is 0 Å². The van der Waals surface area contributed by atoms with Gasteiger partial charge in [0, 0.05) is 49.1 Å². The number of pyridine rings is 1. The van der Waals surface area contributed by atoms with E-state index in [4.69, 9.17) is 0 Å². The topological polar surface area (TPSA) is 76.9 Å². The minimum atomic E-state index is -0.226. The number of benzene rings is 2. The Bertz CT molecular complexity index is 1030. The third-order valence-corrected chi connectivity index (χ3v) is 5.36. The van der Waals surface area contributed by atoms with Gasteiger partial charge in [0.15, 0.2) is 0 Å². The molecule has 2 heterocycles. The van der Waals surface area contributed by atoms with Crippen molar-refractivity contribution in [2.45, 2.75) is 6.61 Å². The van der Waals surface area contributed by atoms with Crippen molar-refractivity contribution in [1.82, 2.24) is 14.8 Å². The number of piperazine rings is 1. The maximum absolute atomic E-state index is 12.8. The molecule has 2 N–H and O–H groups in total. The van der Waals surface area contributed by atoms with Crippen LogP contribution in [0.4, 0.5) is 0 Å². The van der Waals surface area contributed by atoms with E-state index >= 15 is 0 Å². The second-order valence-electron chi connectivity index (χ2n) is 7.18. The van der Waals surface area contributed by atoms with Crippen LogP contribution in [0.25, 0.3) is 22.0 Å². The zero-order chi connectivity index (χ0) is 19.7. The molecule has 1 aliphatic rings. The maximum Gasteiger partial charge on any atom is 0.254 e. The number of aromatic hydroxyl groups is 1. The van der Waals surface area contributed by atoms with Gasteiger partial charge in [0.25, 0.3) is 5.91 Å². The summed E-state index contributed by atoms with van der Waals surface area (Å²) in [7, 11) is 2.06. The summed E-state index contributed by atoms with van der Waals surface area (Å²) in [5.41, 5.74) is 2.75. The molecule has 1 aromatic heterocycles. The van der Waals surface area contributed by atoms with E-state index in [-0.39, 0.29) is 18.3 Å². The Kier molecular flexibility index (Phi) is 4.98. The number of amides is 1. The third kappa shape index (κ3) is 3.44. The molecule has 0 unspecified atom stereocenters. The zero-order valence-corrected chi connectivity index (χ0v) is 15.8. The van der Waals surface area contributed by atoms with Crippen molar-refractivity contribution in [3.05, 3.63) is 59.8 Å². The van der Waals surface area contributed by atoms with Gasteiger partial charge in [0.05, 0.1) is 12.3 Å². The van der Waals surface area contributed by atoms with Crippen LogP contribution in [0, 0.1) is 0 Å². The molecule has 1 aliphatic heterocycles. The molecule has 2 aromatic carbocycles. The lowest BCUT2D eigenvalue weighted by molar-refractivity contribution is 0.0664. The summed E-state index contributed by atoms with van der Waals surface area (Å²) in [6.45, 7) is 3.01. The molecule has 28 heavy (non-hydrogen) atoms. The van der Waals surface area contributed by atoms with Crippen molar-refractivity contribution >= 4 is 16.7 Å². The lowest BCUT2D eigenvalue weighted by Crippen LogP contribution is -2.47. The standard InChI is InChI=1S/C22H23N3O3/c1-24-8-10-25(11-9-24)22(28)17-6-7-23-20(13-17)16-2-4-18-15(12-16)3-5-21(27)19(18)14-26/h2-7,12-13,26-27H,8-11,14H2,1H3. The fourth-order valence-corrected chi connectivity index (χ4v) is 3.62. The number of hydrogen-bond donors (Lipinski definition) is 2. The molecule has 0 aliphatic carbocycles. The quantitative estimate of drug-likeness (QED) is 0.733. The molecule has 0 saturated carbocycles. The molecule has 6 nitrogen and oxygen atoms in total. The fraction of sp³-hybridized carbons (Fsp3) is 0.273. The Morgan fingerprint density at radius 3 is 2.61 bits per heavy atom. The van der Waals surface area contributed by atoms with Crippen LogP contribution in [0.3, 0.4) is 0 Å². The average Bonchev–Trinajstić information content (AvgIpc) is 2.73. The van der Waals surface area contributed by atoms with Crippen molar-refractivity contribution in [3.63, 3.8) is 0 Å². The second kappa shape index (κ2) is 7.58. The van der Waals surface area contributed by atoms with Crippen LogP contribution in [-0.4, -0.2) is 64.1 Å². The lowest BCUT2D eigenvalue weighted by Gasteiger charge is -2.32. The van der Waals surface area contributed by atoms with Gasteiger partial charge < -0.3 is 20.0 Å². The van der Waals surface area contributed by atoms with Crippen molar-refractivity contribution in [1.29, 1.82) is 0 Å². The summed E-state index contributed by atoms with van der Waals surface area (Å²) in [4.78, 5) is 21.4. The largest absolute Gasteiger partial charge is 0.508 e. The molecule has 0 bridgehead atoms. The lowest BCUT2D eigenvalue weighted by atomic mass is 9.99. The summed E-state index contributed by atoms with van der Waals surface area (Å²) in [6, 6.07) is 12.7. The molecule has 0 radical (unpaired) electrons. The summed E-state index contributed by atoms with van der Waals surface area (Å²) in [6.07, 6.45) is 1.67. The van der Waals surface area contributed by atoms with Crippen LogP contribution in [0.2, 0.25) is 0 Å². The predicted octanol–water partition coefficient (Wildman–Crippen LogP) is 2.49. The summed E-state index contributed by atoms with van der Waals surface area (Å²) < 4.78 is 0. The predicted molar refractivity (Wildman–Crippen MR) is 108 cm³/mol. The second-order valence-corrected chi connectivity index (χ2v) is 7.18. The highest BCUT2D eigenvalue weighted by atomic mass is 16.3. The van der Waals surface area contributed by atoms with E-state index in [1.807, 2.05) is 35.2 Å². The van der Waals surface area contributed by atoms with E-state index in [0.29, 0.717) is 11.1 Å². The number of rotatable bonds is 3. The SMILES string of the molecule is CN1CCN(C(=O)c2ccnc(-c3ccc4c(CO)c(O)ccc4c3)c2)CC1. The van der Waals surface area contributed by atoms with Crippen LogP contribution in [0.1, 0.15) is 15.9 Å². The first kappa shape index (κ1) is 18.4. The number of phenols is 1. The molecular formula is C22H23N3O3. The van der Waals surface area contributed by atoms with Gasteiger partial charge in [-0.1, -0.05) is 18.2 Å². The first-order valence-electron chi connectivity index (χ1n) is 9.36. The molecular weight excluding hydrogens is 354 g/mol. The molecule has 1 fully saturated rings. The Labute approximate surface area is 163 Å². The molecule has 4 rings (SSSR count). The average molecular weight is 377 g/mol. The molecule has 1 saturated heterocycles. The Balaban J connectivity index is 1.66. The van der Waals surface area contributed by atoms with Crippen molar-refractivity contribution < 1.29 is 15.0 Å². The third-order valence-electron chi connectivity index (χ3n) is 5.36. The van der Waals surface area contributed by atoms with Crippen LogP contribution in [0.15, 0.2) is 48.7 Å². The van der Waals surface area contributed by atoms with E-state index in [2.05, 4.69) is 16.9 Å². The molecule has 144 valence electrons. The molecule has 1 amide bonds. The van der Waals surface area contributed by atoms with Crippen molar-refractivity contribution in [2.75, 3.05) is 33.2 Å². The monoisotopic (exact) mass is 377 g/mol. The molecule has 6 heteroatoms. The van der Waals surface area contributed by atoms with Gasteiger partial charge >= 0.3 is 0 Å². The normalized spacial score (nSPS) is 15.1. The fourth-order valence-electron chi connectivity index (χ4n) is 3.62. The first-order chi connectivity index (χ1) is 13.6. The minimum Gasteiger partial charge on any atom is -0.508 e. The van der Waals surface area contributed by atoms with Gasteiger partial charge in [-0.25, -0.2) is 0 Å². The number of aromatic nitrogens is 1.